The Bertz CT molecular complexity index is 256. The molecule has 1 aliphatic rings. The van der Waals surface area contributed by atoms with Crippen molar-refractivity contribution in [2.75, 3.05) is 6.61 Å². The van der Waals surface area contributed by atoms with E-state index >= 15 is 0 Å². The van der Waals surface area contributed by atoms with Crippen molar-refractivity contribution in [3.8, 4) is 0 Å². The van der Waals surface area contributed by atoms with Gasteiger partial charge in [-0.05, 0) is 19.3 Å². The summed E-state index contributed by atoms with van der Waals surface area (Å²) in [5.74, 6) is -0.152. The van der Waals surface area contributed by atoms with Crippen LogP contribution in [-0.2, 0) is 14.3 Å². The van der Waals surface area contributed by atoms with Crippen LogP contribution in [0.3, 0.4) is 0 Å². The molecular formula is C12H18O3. The molecule has 0 fully saturated rings. The zero-order valence-corrected chi connectivity index (χ0v) is 9.20. The Kier molecular flexibility index (Phi) is 5.08. The number of ketones is 1. The summed E-state index contributed by atoms with van der Waals surface area (Å²) in [6.45, 7) is 2.09. The SMILES string of the molecule is CCC(=O)C1C/C=C/CCCC(=O)OC1. The summed E-state index contributed by atoms with van der Waals surface area (Å²) in [6, 6.07) is 0. The molecular weight excluding hydrogens is 192 g/mol. The number of allylic oxidation sites excluding steroid dienone is 2. The van der Waals surface area contributed by atoms with Crippen molar-refractivity contribution in [1.82, 2.24) is 0 Å². The van der Waals surface area contributed by atoms with Crippen LogP contribution in [-0.4, -0.2) is 18.4 Å². The van der Waals surface area contributed by atoms with E-state index in [2.05, 4.69) is 6.08 Å². The second-order valence-electron chi connectivity index (χ2n) is 3.80. The molecule has 0 radical (unpaired) electrons. The highest BCUT2D eigenvalue weighted by Crippen LogP contribution is 2.12. The smallest absolute Gasteiger partial charge is 0.305 e. The van der Waals surface area contributed by atoms with E-state index in [1.54, 1.807) is 0 Å². The van der Waals surface area contributed by atoms with E-state index in [9.17, 15) is 9.59 Å². The molecule has 0 aliphatic carbocycles. The number of hydrogen-bond donors (Lipinski definition) is 0. The molecule has 0 aromatic heterocycles. The van der Waals surface area contributed by atoms with Gasteiger partial charge in [0.2, 0.25) is 0 Å². The molecule has 0 saturated carbocycles. The largest absolute Gasteiger partial charge is 0.465 e. The standard InChI is InChI=1S/C12H18O3/c1-2-11(13)10-7-5-3-4-6-8-12(14)15-9-10/h3,5,10H,2,4,6-9H2,1H3/b5-3+. The summed E-state index contributed by atoms with van der Waals surface area (Å²) in [5, 5.41) is 0. The second-order valence-corrected chi connectivity index (χ2v) is 3.80. The van der Waals surface area contributed by atoms with Crippen LogP contribution < -0.4 is 0 Å². The number of ether oxygens (including phenoxy) is 1. The molecule has 0 N–H and O–H groups in total. The van der Waals surface area contributed by atoms with Gasteiger partial charge in [-0.25, -0.2) is 0 Å². The van der Waals surface area contributed by atoms with Crippen molar-refractivity contribution in [2.45, 2.75) is 39.0 Å². The lowest BCUT2D eigenvalue weighted by atomic mass is 9.98. The zero-order chi connectivity index (χ0) is 11.1. The number of esters is 1. The normalized spacial score (nSPS) is 25.4. The number of carbonyl (C=O) groups excluding carboxylic acids is 2. The van der Waals surface area contributed by atoms with E-state index in [4.69, 9.17) is 4.74 Å². The van der Waals surface area contributed by atoms with Gasteiger partial charge in [0.15, 0.2) is 0 Å². The maximum atomic E-state index is 11.5. The number of rotatable bonds is 2. The Balaban J connectivity index is 2.56. The van der Waals surface area contributed by atoms with Gasteiger partial charge in [0, 0.05) is 12.8 Å². The molecule has 0 aromatic carbocycles. The van der Waals surface area contributed by atoms with Crippen LogP contribution in [0.15, 0.2) is 12.2 Å². The van der Waals surface area contributed by atoms with E-state index < -0.39 is 0 Å². The minimum absolute atomic E-state index is 0.145. The first kappa shape index (κ1) is 12.0. The Morgan fingerprint density at radius 2 is 2.33 bits per heavy atom. The van der Waals surface area contributed by atoms with Crippen LogP contribution in [0.25, 0.3) is 0 Å². The Hall–Kier alpha value is -1.12. The van der Waals surface area contributed by atoms with E-state index in [1.807, 2.05) is 13.0 Å². The average Bonchev–Trinajstić information content (AvgIpc) is 2.26. The topological polar surface area (TPSA) is 43.4 Å². The predicted molar refractivity (Wildman–Crippen MR) is 57.4 cm³/mol. The molecule has 1 rings (SSSR count). The lowest BCUT2D eigenvalue weighted by molar-refractivity contribution is -0.146. The van der Waals surface area contributed by atoms with Crippen molar-refractivity contribution in [3.63, 3.8) is 0 Å². The Labute approximate surface area is 90.5 Å². The summed E-state index contributed by atoms with van der Waals surface area (Å²) in [6.07, 6.45) is 7.46. The highest BCUT2D eigenvalue weighted by Gasteiger charge is 2.18. The molecule has 84 valence electrons. The van der Waals surface area contributed by atoms with Gasteiger partial charge < -0.3 is 4.74 Å². The van der Waals surface area contributed by atoms with Crippen molar-refractivity contribution in [1.29, 1.82) is 0 Å². The fraction of sp³-hybridized carbons (Fsp3) is 0.667. The first-order valence-corrected chi connectivity index (χ1v) is 5.57. The third-order valence-electron chi connectivity index (χ3n) is 2.59. The molecule has 1 aliphatic heterocycles. The molecule has 0 aromatic rings. The van der Waals surface area contributed by atoms with Gasteiger partial charge in [0.1, 0.15) is 12.4 Å². The van der Waals surface area contributed by atoms with E-state index in [0.29, 0.717) is 19.3 Å². The van der Waals surface area contributed by atoms with Crippen molar-refractivity contribution >= 4 is 11.8 Å². The van der Waals surface area contributed by atoms with Gasteiger partial charge in [-0.1, -0.05) is 19.1 Å². The third-order valence-corrected chi connectivity index (χ3v) is 2.59. The van der Waals surface area contributed by atoms with Gasteiger partial charge in [-0.2, -0.15) is 0 Å². The molecule has 1 unspecified atom stereocenters. The minimum atomic E-state index is -0.181. The molecule has 15 heavy (non-hydrogen) atoms. The summed E-state index contributed by atoms with van der Waals surface area (Å²) >= 11 is 0. The highest BCUT2D eigenvalue weighted by molar-refractivity contribution is 5.81. The van der Waals surface area contributed by atoms with Gasteiger partial charge in [-0.3, -0.25) is 9.59 Å². The number of hydrogen-bond acceptors (Lipinski definition) is 3. The summed E-state index contributed by atoms with van der Waals surface area (Å²) in [7, 11) is 0. The monoisotopic (exact) mass is 210 g/mol. The van der Waals surface area contributed by atoms with Gasteiger partial charge in [0.25, 0.3) is 0 Å². The molecule has 0 spiro atoms. The van der Waals surface area contributed by atoms with E-state index in [1.165, 1.54) is 0 Å². The quantitative estimate of drug-likeness (QED) is 0.518. The average molecular weight is 210 g/mol. The predicted octanol–water partition coefficient (Wildman–Crippen LogP) is 2.26. The summed E-state index contributed by atoms with van der Waals surface area (Å²) in [4.78, 5) is 22.7. The van der Waals surface area contributed by atoms with Gasteiger partial charge >= 0.3 is 5.97 Å². The van der Waals surface area contributed by atoms with Crippen molar-refractivity contribution in [3.05, 3.63) is 12.2 Å². The van der Waals surface area contributed by atoms with Crippen LogP contribution in [0.4, 0.5) is 0 Å². The molecule has 1 atom stereocenters. The maximum absolute atomic E-state index is 11.5. The lowest BCUT2D eigenvalue weighted by Gasteiger charge is -2.14. The Morgan fingerprint density at radius 1 is 1.53 bits per heavy atom. The third kappa shape index (κ3) is 4.28. The second kappa shape index (κ2) is 6.38. The minimum Gasteiger partial charge on any atom is -0.465 e. The fourth-order valence-electron chi connectivity index (χ4n) is 1.59. The summed E-state index contributed by atoms with van der Waals surface area (Å²) < 4.78 is 5.06. The van der Waals surface area contributed by atoms with Crippen LogP contribution in [0, 0.1) is 5.92 Å². The van der Waals surface area contributed by atoms with Gasteiger partial charge in [-0.15, -0.1) is 0 Å². The highest BCUT2D eigenvalue weighted by atomic mass is 16.5. The van der Waals surface area contributed by atoms with Crippen LogP contribution in [0.5, 0.6) is 0 Å². The van der Waals surface area contributed by atoms with E-state index in [-0.39, 0.29) is 24.3 Å². The lowest BCUT2D eigenvalue weighted by Crippen LogP contribution is -2.21. The molecule has 1 heterocycles. The zero-order valence-electron chi connectivity index (χ0n) is 9.20. The van der Waals surface area contributed by atoms with Crippen LogP contribution >= 0.6 is 0 Å². The number of Topliss-reactive ketones (excluding diaryl/α,β-unsaturated/α-hetero) is 1. The molecule has 3 nitrogen and oxygen atoms in total. The fourth-order valence-corrected chi connectivity index (χ4v) is 1.59. The van der Waals surface area contributed by atoms with Crippen LogP contribution in [0.2, 0.25) is 0 Å². The van der Waals surface area contributed by atoms with Crippen molar-refractivity contribution in [2.24, 2.45) is 5.92 Å². The van der Waals surface area contributed by atoms with Crippen molar-refractivity contribution < 1.29 is 14.3 Å². The van der Waals surface area contributed by atoms with Gasteiger partial charge in [0.05, 0.1) is 5.92 Å². The molecule has 0 amide bonds. The molecule has 0 bridgehead atoms. The number of carbonyl (C=O) groups is 2. The number of cyclic esters (lactones) is 1. The van der Waals surface area contributed by atoms with Crippen LogP contribution in [0.1, 0.15) is 39.0 Å². The molecule has 0 saturated heterocycles. The molecule has 3 heteroatoms. The maximum Gasteiger partial charge on any atom is 0.305 e. The first-order chi connectivity index (χ1) is 7.24. The first-order valence-electron chi connectivity index (χ1n) is 5.57. The Morgan fingerprint density at radius 3 is 3.07 bits per heavy atom. The summed E-state index contributed by atoms with van der Waals surface area (Å²) in [5.41, 5.74) is 0. The van der Waals surface area contributed by atoms with E-state index in [0.717, 1.165) is 12.8 Å².